The lowest BCUT2D eigenvalue weighted by Crippen LogP contribution is -2.53. The molecule has 4 heteroatoms. The second-order valence-corrected chi connectivity index (χ2v) is 6.06. The van der Waals surface area contributed by atoms with Crippen molar-refractivity contribution in [2.24, 2.45) is 0 Å². The number of carbonyl (C=O) groups excluding carboxylic acids is 1. The van der Waals surface area contributed by atoms with Gasteiger partial charge in [0.05, 0.1) is 13.2 Å². The zero-order chi connectivity index (χ0) is 17.0. The Morgan fingerprint density at radius 2 is 1.92 bits per heavy atom. The van der Waals surface area contributed by atoms with E-state index in [0.717, 1.165) is 16.8 Å². The Balaban J connectivity index is 2.05. The first-order valence-corrected chi connectivity index (χ1v) is 8.06. The van der Waals surface area contributed by atoms with E-state index in [-0.39, 0.29) is 5.97 Å². The standard InChI is InChI=1S/C20H20N2O2/c1-24-19(23)20(12-7-13-21)14-17-10-5-6-11-18(17)22(20)15-16-8-3-2-4-9-16/h2-6,8-11H,7,12,14-15H2,1H3. The number of hydrogen-bond donors (Lipinski definition) is 0. The summed E-state index contributed by atoms with van der Waals surface area (Å²) >= 11 is 0. The van der Waals surface area contributed by atoms with Gasteiger partial charge >= 0.3 is 5.97 Å². The van der Waals surface area contributed by atoms with Crippen molar-refractivity contribution in [2.45, 2.75) is 31.3 Å². The van der Waals surface area contributed by atoms with Crippen molar-refractivity contribution in [1.82, 2.24) is 0 Å². The van der Waals surface area contributed by atoms with Crippen molar-refractivity contribution in [3.63, 3.8) is 0 Å². The predicted octanol–water partition coefficient (Wildman–Crippen LogP) is 3.46. The molecule has 0 amide bonds. The number of nitrogens with zero attached hydrogens (tertiary/aromatic N) is 2. The molecule has 0 saturated carbocycles. The summed E-state index contributed by atoms with van der Waals surface area (Å²) in [6, 6.07) is 20.3. The smallest absolute Gasteiger partial charge is 0.332 e. The molecule has 122 valence electrons. The molecule has 0 radical (unpaired) electrons. The number of nitriles is 1. The highest BCUT2D eigenvalue weighted by molar-refractivity contribution is 5.89. The van der Waals surface area contributed by atoms with E-state index in [9.17, 15) is 4.79 Å². The van der Waals surface area contributed by atoms with Crippen molar-refractivity contribution >= 4 is 11.7 Å². The lowest BCUT2D eigenvalue weighted by molar-refractivity contribution is -0.147. The molecule has 1 atom stereocenters. The van der Waals surface area contributed by atoms with Crippen LogP contribution in [0.25, 0.3) is 0 Å². The van der Waals surface area contributed by atoms with Gasteiger partial charge in [0, 0.05) is 25.1 Å². The normalized spacial score (nSPS) is 18.8. The van der Waals surface area contributed by atoms with Gasteiger partial charge in [0.2, 0.25) is 0 Å². The van der Waals surface area contributed by atoms with Gasteiger partial charge in [-0.15, -0.1) is 0 Å². The maximum Gasteiger partial charge on any atom is 0.332 e. The van der Waals surface area contributed by atoms with Gasteiger partial charge in [-0.05, 0) is 23.6 Å². The summed E-state index contributed by atoms with van der Waals surface area (Å²) in [5.41, 5.74) is 2.48. The number of rotatable bonds is 5. The monoisotopic (exact) mass is 320 g/mol. The van der Waals surface area contributed by atoms with Crippen LogP contribution in [0.2, 0.25) is 0 Å². The second kappa shape index (κ2) is 6.76. The highest BCUT2D eigenvalue weighted by Crippen LogP contribution is 2.43. The summed E-state index contributed by atoms with van der Waals surface area (Å²) in [5.74, 6) is -0.273. The summed E-state index contributed by atoms with van der Waals surface area (Å²) in [7, 11) is 1.42. The molecule has 24 heavy (non-hydrogen) atoms. The third-order valence-electron chi connectivity index (χ3n) is 4.68. The van der Waals surface area contributed by atoms with Gasteiger partial charge in [-0.2, -0.15) is 5.26 Å². The minimum atomic E-state index is -0.815. The number of carbonyl (C=O) groups is 1. The van der Waals surface area contributed by atoms with Crippen molar-refractivity contribution in [2.75, 3.05) is 12.0 Å². The lowest BCUT2D eigenvalue weighted by Gasteiger charge is -2.37. The minimum absolute atomic E-state index is 0.273. The van der Waals surface area contributed by atoms with Gasteiger partial charge in [0.1, 0.15) is 5.54 Å². The number of methoxy groups -OCH3 is 1. The quantitative estimate of drug-likeness (QED) is 0.792. The summed E-state index contributed by atoms with van der Waals surface area (Å²) in [6.07, 6.45) is 1.34. The van der Waals surface area contributed by atoms with Crippen LogP contribution in [0.5, 0.6) is 0 Å². The van der Waals surface area contributed by atoms with Crippen LogP contribution in [-0.4, -0.2) is 18.6 Å². The molecule has 1 heterocycles. The Labute approximate surface area is 142 Å². The van der Waals surface area contributed by atoms with Gasteiger partial charge in [0.25, 0.3) is 0 Å². The largest absolute Gasteiger partial charge is 0.467 e. The molecular formula is C20H20N2O2. The van der Waals surface area contributed by atoms with E-state index in [1.165, 1.54) is 7.11 Å². The molecule has 0 saturated heterocycles. The van der Waals surface area contributed by atoms with Crippen molar-refractivity contribution in [3.8, 4) is 6.07 Å². The van der Waals surface area contributed by atoms with E-state index >= 15 is 0 Å². The molecule has 0 spiro atoms. The van der Waals surface area contributed by atoms with Crippen LogP contribution >= 0.6 is 0 Å². The van der Waals surface area contributed by atoms with Gasteiger partial charge in [-0.1, -0.05) is 48.5 Å². The van der Waals surface area contributed by atoms with Crippen LogP contribution in [0.15, 0.2) is 54.6 Å². The van der Waals surface area contributed by atoms with Gasteiger partial charge in [0.15, 0.2) is 0 Å². The van der Waals surface area contributed by atoms with Crippen molar-refractivity contribution in [1.29, 1.82) is 5.26 Å². The Hall–Kier alpha value is -2.80. The predicted molar refractivity (Wildman–Crippen MR) is 92.4 cm³/mol. The van der Waals surface area contributed by atoms with E-state index in [1.807, 2.05) is 54.6 Å². The third kappa shape index (κ3) is 2.74. The summed E-state index contributed by atoms with van der Waals surface area (Å²) < 4.78 is 5.14. The van der Waals surface area contributed by atoms with Gasteiger partial charge in [-0.3, -0.25) is 0 Å². The Morgan fingerprint density at radius 1 is 1.21 bits per heavy atom. The molecule has 0 N–H and O–H groups in total. The van der Waals surface area contributed by atoms with Crippen LogP contribution in [0.4, 0.5) is 5.69 Å². The minimum Gasteiger partial charge on any atom is -0.467 e. The second-order valence-electron chi connectivity index (χ2n) is 6.06. The maximum atomic E-state index is 12.7. The first-order valence-electron chi connectivity index (χ1n) is 8.06. The van der Waals surface area contributed by atoms with Crippen LogP contribution < -0.4 is 4.90 Å². The maximum absolute atomic E-state index is 12.7. The molecule has 0 bridgehead atoms. The summed E-state index contributed by atoms with van der Waals surface area (Å²) in [4.78, 5) is 14.8. The molecule has 0 aliphatic carbocycles. The van der Waals surface area contributed by atoms with E-state index < -0.39 is 5.54 Å². The number of hydrogen-bond acceptors (Lipinski definition) is 4. The first-order chi connectivity index (χ1) is 11.7. The fourth-order valence-corrected chi connectivity index (χ4v) is 3.53. The highest BCUT2D eigenvalue weighted by Gasteiger charge is 2.50. The van der Waals surface area contributed by atoms with Crippen molar-refractivity contribution in [3.05, 3.63) is 65.7 Å². The SMILES string of the molecule is COC(=O)C1(CCC#N)Cc2ccccc2N1Cc1ccccc1. The van der Waals surface area contributed by atoms with Gasteiger partial charge < -0.3 is 9.64 Å². The Morgan fingerprint density at radius 3 is 2.62 bits per heavy atom. The third-order valence-corrected chi connectivity index (χ3v) is 4.68. The molecule has 4 nitrogen and oxygen atoms in total. The molecule has 2 aromatic carbocycles. The number of benzene rings is 2. The van der Waals surface area contributed by atoms with E-state index in [2.05, 4.69) is 11.0 Å². The average Bonchev–Trinajstić information content (AvgIpc) is 2.95. The number of ether oxygens (including phenoxy) is 1. The topological polar surface area (TPSA) is 53.3 Å². The first kappa shape index (κ1) is 16.1. The summed E-state index contributed by atoms with van der Waals surface area (Å²) in [5, 5.41) is 9.07. The average molecular weight is 320 g/mol. The van der Waals surface area contributed by atoms with Crippen LogP contribution in [-0.2, 0) is 22.5 Å². The Kier molecular flexibility index (Phi) is 4.52. The van der Waals surface area contributed by atoms with Crippen molar-refractivity contribution < 1.29 is 9.53 Å². The lowest BCUT2D eigenvalue weighted by atomic mass is 9.88. The molecule has 1 unspecified atom stereocenters. The fourth-order valence-electron chi connectivity index (χ4n) is 3.53. The number of fused-ring (bicyclic) bond motifs is 1. The number of esters is 1. The van der Waals surface area contributed by atoms with E-state index in [4.69, 9.17) is 10.00 Å². The molecule has 1 aliphatic rings. The summed E-state index contributed by atoms with van der Waals surface area (Å²) in [6.45, 7) is 0.610. The van der Waals surface area contributed by atoms with E-state index in [0.29, 0.717) is 25.8 Å². The zero-order valence-corrected chi connectivity index (χ0v) is 13.7. The Bertz CT molecular complexity index is 767. The molecule has 3 rings (SSSR count). The molecular weight excluding hydrogens is 300 g/mol. The molecule has 1 aliphatic heterocycles. The molecule has 0 fully saturated rings. The van der Waals surface area contributed by atoms with E-state index in [1.54, 1.807) is 0 Å². The van der Waals surface area contributed by atoms with Crippen LogP contribution in [0.1, 0.15) is 24.0 Å². The highest BCUT2D eigenvalue weighted by atomic mass is 16.5. The van der Waals surface area contributed by atoms with Gasteiger partial charge in [-0.25, -0.2) is 4.79 Å². The zero-order valence-electron chi connectivity index (χ0n) is 13.7. The number of anilines is 1. The van der Waals surface area contributed by atoms with Crippen LogP contribution in [0.3, 0.4) is 0 Å². The fraction of sp³-hybridized carbons (Fsp3) is 0.300. The number of para-hydroxylation sites is 1. The molecule has 0 aromatic heterocycles. The van der Waals surface area contributed by atoms with Crippen LogP contribution in [0, 0.1) is 11.3 Å². The molecule has 2 aromatic rings.